The first-order chi connectivity index (χ1) is 16.5. The van der Waals surface area contributed by atoms with Crippen LogP contribution in [0.1, 0.15) is 12.0 Å². The predicted molar refractivity (Wildman–Crippen MR) is 127 cm³/mol. The summed E-state index contributed by atoms with van der Waals surface area (Å²) in [7, 11) is 0. The molecule has 0 saturated carbocycles. The number of benzene rings is 2. The molecule has 4 atom stereocenters. The van der Waals surface area contributed by atoms with E-state index in [1.165, 1.54) is 35.2 Å². The number of nitrogens with zero attached hydrogens (tertiary/aromatic N) is 2. The lowest BCUT2D eigenvalue weighted by Gasteiger charge is -2.36. The molecule has 2 aromatic carbocycles. The average molecular weight is 559 g/mol. The van der Waals surface area contributed by atoms with Crippen LogP contribution < -0.4 is 10.2 Å². The number of imide groups is 1. The lowest BCUT2D eigenvalue weighted by Crippen LogP contribution is -2.54. The van der Waals surface area contributed by atoms with Crippen molar-refractivity contribution in [3.05, 3.63) is 67.6 Å². The molecule has 0 radical (unpaired) electrons. The molecule has 2 aromatic rings. The van der Waals surface area contributed by atoms with Crippen molar-refractivity contribution in [3.8, 4) is 0 Å². The van der Waals surface area contributed by atoms with Crippen LogP contribution in [0, 0.1) is 11.8 Å². The van der Waals surface area contributed by atoms with Gasteiger partial charge in [-0.1, -0.05) is 46.4 Å². The molecule has 0 bridgehead atoms. The highest BCUT2D eigenvalue weighted by Crippen LogP contribution is 2.62. The van der Waals surface area contributed by atoms with Gasteiger partial charge >= 0.3 is 0 Å². The van der Waals surface area contributed by atoms with Crippen LogP contribution in [0.5, 0.6) is 0 Å². The zero-order valence-corrected chi connectivity index (χ0v) is 20.4. The first kappa shape index (κ1) is 23.2. The van der Waals surface area contributed by atoms with Crippen LogP contribution >= 0.6 is 46.4 Å². The average Bonchev–Trinajstić information content (AvgIpc) is 3.44. The Hall–Kier alpha value is -2.23. The summed E-state index contributed by atoms with van der Waals surface area (Å²) < 4.78 is 27.4. The van der Waals surface area contributed by atoms with Crippen molar-refractivity contribution in [1.82, 2.24) is 4.90 Å². The van der Waals surface area contributed by atoms with Gasteiger partial charge < -0.3 is 5.32 Å². The fourth-order valence-corrected chi connectivity index (χ4v) is 7.20. The molecular weight excluding hydrogens is 546 g/mol. The van der Waals surface area contributed by atoms with Gasteiger partial charge in [0.05, 0.1) is 28.2 Å². The van der Waals surface area contributed by atoms with Crippen LogP contribution in [0.4, 0.5) is 20.2 Å². The Labute approximate surface area is 217 Å². The van der Waals surface area contributed by atoms with Crippen LogP contribution in [0.2, 0.25) is 20.1 Å². The second-order valence-electron chi connectivity index (χ2n) is 8.94. The van der Waals surface area contributed by atoms with Crippen LogP contribution in [0.3, 0.4) is 0 Å². The van der Waals surface area contributed by atoms with E-state index >= 15 is 0 Å². The largest absolute Gasteiger partial charge is 0.323 e. The Kier molecular flexibility index (Phi) is 5.06. The summed E-state index contributed by atoms with van der Waals surface area (Å²) in [6.07, 6.45) is -2.03. The quantitative estimate of drug-likeness (QED) is 0.470. The minimum atomic E-state index is -1.87. The molecule has 4 heterocycles. The van der Waals surface area contributed by atoms with E-state index in [4.69, 9.17) is 46.4 Å². The van der Waals surface area contributed by atoms with Crippen molar-refractivity contribution >= 4 is 75.5 Å². The molecule has 3 amide bonds. The van der Waals surface area contributed by atoms with Crippen molar-refractivity contribution in [1.29, 1.82) is 0 Å². The number of carbonyl (C=O) groups is 3. The summed E-state index contributed by atoms with van der Waals surface area (Å²) in [5, 5.41) is 3.45. The Morgan fingerprint density at radius 2 is 1.60 bits per heavy atom. The highest BCUT2D eigenvalue weighted by atomic mass is 35.5. The van der Waals surface area contributed by atoms with Gasteiger partial charge in [-0.25, -0.2) is 4.90 Å². The van der Waals surface area contributed by atoms with Gasteiger partial charge in [0.2, 0.25) is 11.8 Å². The number of fused-ring (bicyclic) bond motifs is 7. The van der Waals surface area contributed by atoms with E-state index < -0.39 is 47.2 Å². The Balaban J connectivity index is 1.60. The van der Waals surface area contributed by atoms with E-state index in [-0.39, 0.29) is 55.6 Å². The summed E-state index contributed by atoms with van der Waals surface area (Å²) in [6, 6.07) is 6.37. The van der Waals surface area contributed by atoms with Crippen molar-refractivity contribution in [2.24, 2.45) is 11.8 Å². The summed E-state index contributed by atoms with van der Waals surface area (Å²) >= 11 is 24.8. The lowest BCUT2D eigenvalue weighted by molar-refractivity contribution is -0.135. The maximum absolute atomic E-state index is 13.9. The third kappa shape index (κ3) is 2.95. The van der Waals surface area contributed by atoms with Gasteiger partial charge in [-0.05, 0) is 36.8 Å². The smallest absolute Gasteiger partial charge is 0.270 e. The summed E-state index contributed by atoms with van der Waals surface area (Å²) in [5.74, 6) is -4.15. The number of amides is 3. The molecule has 4 aliphatic heterocycles. The Bertz CT molecular complexity index is 1390. The third-order valence-corrected chi connectivity index (χ3v) is 8.26. The minimum Gasteiger partial charge on any atom is -0.323 e. The molecule has 180 valence electrons. The topological polar surface area (TPSA) is 69.7 Å². The molecule has 12 heteroatoms. The van der Waals surface area contributed by atoms with Gasteiger partial charge in [-0.15, -0.1) is 0 Å². The van der Waals surface area contributed by atoms with E-state index in [0.29, 0.717) is 0 Å². The van der Waals surface area contributed by atoms with Gasteiger partial charge in [0, 0.05) is 38.8 Å². The molecule has 3 fully saturated rings. The first-order valence-corrected chi connectivity index (χ1v) is 12.0. The molecule has 6 rings (SSSR count). The number of hydrogen-bond donors (Lipinski definition) is 1. The van der Waals surface area contributed by atoms with Gasteiger partial charge in [0.15, 0.2) is 0 Å². The Morgan fingerprint density at radius 3 is 2.26 bits per heavy atom. The molecule has 0 aliphatic carbocycles. The van der Waals surface area contributed by atoms with Crippen LogP contribution in [0.25, 0.3) is 0 Å². The lowest BCUT2D eigenvalue weighted by atomic mass is 9.75. The maximum Gasteiger partial charge on any atom is 0.270 e. The molecule has 4 aliphatic rings. The van der Waals surface area contributed by atoms with Gasteiger partial charge in [0.1, 0.15) is 5.54 Å². The molecule has 1 spiro atoms. The highest BCUT2D eigenvalue weighted by molar-refractivity contribution is 6.38. The molecule has 4 unspecified atom stereocenters. The first-order valence-electron chi connectivity index (χ1n) is 10.5. The zero-order valence-electron chi connectivity index (χ0n) is 17.4. The number of nitrogens with one attached hydrogen (secondary N) is 1. The molecular formula is C23H13Cl4F2N3O3. The second-order valence-corrected chi connectivity index (χ2v) is 10.7. The van der Waals surface area contributed by atoms with Gasteiger partial charge in [-0.3, -0.25) is 19.3 Å². The summed E-state index contributed by atoms with van der Waals surface area (Å²) in [6.45, 7) is -0.277. The number of carbonyl (C=O) groups excluding carboxylic acids is 3. The van der Waals surface area contributed by atoms with Crippen molar-refractivity contribution < 1.29 is 23.2 Å². The molecule has 35 heavy (non-hydrogen) atoms. The van der Waals surface area contributed by atoms with Gasteiger partial charge in [-0.2, -0.15) is 8.78 Å². The SMILES string of the molecule is O=C1C2C3CC(=C(F)F)CN3C3(C(=O)Nc4c(Cl)cc(Cl)cc43)C2C(=O)N1c1cc(Cl)cc(Cl)c1. The minimum absolute atomic E-state index is 0.139. The second kappa shape index (κ2) is 7.63. The standard InChI is InChI=1S/C23H13Cl4F2N3O3/c24-9-2-10(25)4-12(3-9)32-20(33)16-15-1-8(19(28)29)7-31(15)23(17(16)21(32)34)13-5-11(26)6-14(27)18(13)30-22(23)35/h2-6,15-17H,1,7H2,(H,30,35). The number of hydrogen-bond acceptors (Lipinski definition) is 4. The maximum atomic E-state index is 13.9. The van der Waals surface area contributed by atoms with Crippen LogP contribution in [0.15, 0.2) is 42.0 Å². The highest BCUT2D eigenvalue weighted by Gasteiger charge is 2.75. The predicted octanol–water partition coefficient (Wildman–Crippen LogP) is 5.49. The van der Waals surface area contributed by atoms with Crippen molar-refractivity contribution in [3.63, 3.8) is 0 Å². The van der Waals surface area contributed by atoms with E-state index in [9.17, 15) is 23.2 Å². The van der Waals surface area contributed by atoms with Crippen molar-refractivity contribution in [2.75, 3.05) is 16.8 Å². The summed E-state index contributed by atoms with van der Waals surface area (Å²) in [4.78, 5) is 43.9. The monoisotopic (exact) mass is 557 g/mol. The van der Waals surface area contributed by atoms with E-state index in [2.05, 4.69) is 5.32 Å². The molecule has 1 N–H and O–H groups in total. The third-order valence-electron chi connectivity index (χ3n) is 7.31. The fourth-order valence-electron chi connectivity index (χ4n) is 6.14. The van der Waals surface area contributed by atoms with Crippen LogP contribution in [-0.4, -0.2) is 35.2 Å². The van der Waals surface area contributed by atoms with Crippen LogP contribution in [-0.2, 0) is 19.9 Å². The zero-order chi connectivity index (χ0) is 25.0. The normalized spacial score (nSPS) is 29.2. The molecule has 0 aromatic heterocycles. The van der Waals surface area contributed by atoms with Gasteiger partial charge in [0.25, 0.3) is 12.0 Å². The molecule has 6 nitrogen and oxygen atoms in total. The fraction of sp³-hybridized carbons (Fsp3) is 0.261. The van der Waals surface area contributed by atoms with E-state index in [1.54, 1.807) is 0 Å². The number of halogens is 6. The van der Waals surface area contributed by atoms with E-state index in [1.807, 2.05) is 0 Å². The number of anilines is 2. The summed E-state index contributed by atoms with van der Waals surface area (Å²) in [5.41, 5.74) is -1.28. The Morgan fingerprint density at radius 1 is 0.943 bits per heavy atom. The van der Waals surface area contributed by atoms with Crippen molar-refractivity contribution in [2.45, 2.75) is 18.0 Å². The number of rotatable bonds is 1. The molecule has 3 saturated heterocycles. The van der Waals surface area contributed by atoms with E-state index in [0.717, 1.165) is 4.90 Å².